The molecular weight excluding hydrogens is 258 g/mol. The molecule has 0 unspecified atom stereocenters. The predicted octanol–water partition coefficient (Wildman–Crippen LogP) is 1.63. The minimum Gasteiger partial charge on any atom is -0.424 e. The molecule has 0 atom stereocenters. The summed E-state index contributed by atoms with van der Waals surface area (Å²) >= 11 is 0. The van der Waals surface area contributed by atoms with Crippen LogP contribution in [0.15, 0.2) is 28.9 Å². The molecule has 2 amide bonds. The Morgan fingerprint density at radius 3 is 2.85 bits per heavy atom. The van der Waals surface area contributed by atoms with E-state index in [1.807, 2.05) is 13.8 Å². The molecule has 2 aromatic heterocycles. The van der Waals surface area contributed by atoms with Gasteiger partial charge in [0.05, 0.1) is 18.3 Å². The lowest BCUT2D eigenvalue weighted by Gasteiger charge is -2.17. The van der Waals surface area contributed by atoms with Gasteiger partial charge >= 0.3 is 6.03 Å². The number of rotatable bonds is 2. The van der Waals surface area contributed by atoms with Crippen molar-refractivity contribution in [3.8, 4) is 11.3 Å². The Kier molecular flexibility index (Phi) is 2.63. The molecule has 2 aromatic rings. The molecular formula is C13H15N5O2. The predicted molar refractivity (Wildman–Crippen MR) is 74.1 cm³/mol. The molecule has 1 fully saturated rings. The zero-order valence-corrected chi connectivity index (χ0v) is 11.3. The largest absolute Gasteiger partial charge is 0.424 e. The van der Waals surface area contributed by atoms with Crippen LogP contribution in [0.4, 0.5) is 16.6 Å². The highest BCUT2D eigenvalue weighted by Crippen LogP contribution is 2.27. The summed E-state index contributed by atoms with van der Waals surface area (Å²) < 4.78 is 5.27. The van der Waals surface area contributed by atoms with Crippen molar-refractivity contribution in [3.05, 3.63) is 24.5 Å². The number of hydrogen-bond donors (Lipinski definition) is 2. The first kappa shape index (κ1) is 12.5. The number of urea groups is 1. The molecule has 7 heteroatoms. The molecule has 0 spiro atoms. The Hall–Kier alpha value is -2.57. The van der Waals surface area contributed by atoms with E-state index in [0.717, 1.165) is 5.56 Å². The molecule has 0 saturated carbocycles. The van der Waals surface area contributed by atoms with Crippen LogP contribution in [0.5, 0.6) is 0 Å². The fourth-order valence-electron chi connectivity index (χ4n) is 2.19. The van der Waals surface area contributed by atoms with Gasteiger partial charge in [-0.05, 0) is 26.0 Å². The summed E-state index contributed by atoms with van der Waals surface area (Å²) in [6.45, 7) is 4.48. The smallest absolute Gasteiger partial charge is 0.323 e. The molecule has 1 aliphatic rings. The molecule has 104 valence electrons. The molecule has 3 rings (SSSR count). The number of aromatic nitrogens is 2. The van der Waals surface area contributed by atoms with Crippen LogP contribution in [0.3, 0.4) is 0 Å². The van der Waals surface area contributed by atoms with E-state index in [1.54, 1.807) is 29.4 Å². The van der Waals surface area contributed by atoms with Gasteiger partial charge in [-0.25, -0.2) is 14.8 Å². The van der Waals surface area contributed by atoms with Gasteiger partial charge in [-0.15, -0.1) is 0 Å². The van der Waals surface area contributed by atoms with Gasteiger partial charge in [0.15, 0.2) is 5.76 Å². The van der Waals surface area contributed by atoms with Crippen molar-refractivity contribution in [1.82, 2.24) is 15.3 Å². The standard InChI is InChI=1S/C13H15N5O2/c1-13(2)7-18(12(19)17-13)10-5-8(3-4-15-10)9-6-16-11(14)20-9/h3-6H,7H2,1-2H3,(H2,14,16)(H,17,19). The van der Waals surface area contributed by atoms with Crippen molar-refractivity contribution >= 4 is 17.9 Å². The molecule has 1 aliphatic heterocycles. The molecule has 3 N–H and O–H groups in total. The SMILES string of the molecule is CC1(C)CN(c2cc(-c3cnc(N)o3)ccn2)C(=O)N1. The van der Waals surface area contributed by atoms with Crippen molar-refractivity contribution in [2.75, 3.05) is 17.2 Å². The summed E-state index contributed by atoms with van der Waals surface area (Å²) in [5.41, 5.74) is 5.97. The first-order valence-electron chi connectivity index (χ1n) is 6.22. The summed E-state index contributed by atoms with van der Waals surface area (Å²) in [6, 6.07) is 3.51. The van der Waals surface area contributed by atoms with Crippen LogP contribution in [0, 0.1) is 0 Å². The molecule has 0 bridgehead atoms. The molecule has 3 heterocycles. The molecule has 7 nitrogen and oxygen atoms in total. The summed E-state index contributed by atoms with van der Waals surface area (Å²) in [6.07, 6.45) is 3.17. The third kappa shape index (κ3) is 2.18. The number of nitrogens with one attached hydrogen (secondary N) is 1. The first-order valence-corrected chi connectivity index (χ1v) is 6.22. The third-order valence-corrected chi connectivity index (χ3v) is 3.07. The van der Waals surface area contributed by atoms with Crippen LogP contribution >= 0.6 is 0 Å². The van der Waals surface area contributed by atoms with E-state index >= 15 is 0 Å². The number of carbonyl (C=O) groups excluding carboxylic acids is 1. The van der Waals surface area contributed by atoms with Crippen LogP contribution in [0.25, 0.3) is 11.3 Å². The number of pyridine rings is 1. The number of hydrogen-bond acceptors (Lipinski definition) is 5. The van der Waals surface area contributed by atoms with Gasteiger partial charge in [0.2, 0.25) is 0 Å². The van der Waals surface area contributed by atoms with Crippen molar-refractivity contribution < 1.29 is 9.21 Å². The molecule has 0 aromatic carbocycles. The average Bonchev–Trinajstić information content (AvgIpc) is 2.93. The van der Waals surface area contributed by atoms with Gasteiger partial charge in [-0.3, -0.25) is 4.90 Å². The Morgan fingerprint density at radius 1 is 1.45 bits per heavy atom. The summed E-state index contributed by atoms with van der Waals surface area (Å²) in [7, 11) is 0. The maximum absolute atomic E-state index is 12.0. The maximum Gasteiger partial charge on any atom is 0.323 e. The van der Waals surface area contributed by atoms with Gasteiger partial charge in [0.25, 0.3) is 6.01 Å². The van der Waals surface area contributed by atoms with Crippen LogP contribution in [0.2, 0.25) is 0 Å². The van der Waals surface area contributed by atoms with E-state index in [0.29, 0.717) is 18.1 Å². The van der Waals surface area contributed by atoms with Crippen LogP contribution in [-0.2, 0) is 0 Å². The highest BCUT2D eigenvalue weighted by atomic mass is 16.4. The Balaban J connectivity index is 1.94. The van der Waals surface area contributed by atoms with Gasteiger partial charge in [-0.1, -0.05) is 0 Å². The van der Waals surface area contributed by atoms with Crippen molar-refractivity contribution in [2.45, 2.75) is 19.4 Å². The summed E-state index contributed by atoms with van der Waals surface area (Å²) in [5, 5.41) is 2.90. The lowest BCUT2D eigenvalue weighted by Crippen LogP contribution is -2.36. The minimum atomic E-state index is -0.272. The van der Waals surface area contributed by atoms with Crippen LogP contribution in [-0.4, -0.2) is 28.1 Å². The van der Waals surface area contributed by atoms with E-state index in [4.69, 9.17) is 10.2 Å². The average molecular weight is 273 g/mol. The van der Waals surface area contributed by atoms with E-state index < -0.39 is 0 Å². The number of nitrogens with zero attached hydrogens (tertiary/aromatic N) is 3. The first-order chi connectivity index (χ1) is 9.44. The second-order valence-electron chi connectivity index (χ2n) is 5.37. The number of nitrogens with two attached hydrogens (primary N) is 1. The van der Waals surface area contributed by atoms with Gasteiger partial charge in [0, 0.05) is 11.8 Å². The second kappa shape index (κ2) is 4.22. The fourth-order valence-corrected chi connectivity index (χ4v) is 2.19. The fraction of sp³-hybridized carbons (Fsp3) is 0.308. The van der Waals surface area contributed by atoms with E-state index in [1.165, 1.54) is 0 Å². The lowest BCUT2D eigenvalue weighted by atomic mass is 10.1. The molecule has 0 radical (unpaired) electrons. The van der Waals surface area contributed by atoms with Crippen molar-refractivity contribution in [3.63, 3.8) is 0 Å². The lowest BCUT2D eigenvalue weighted by molar-refractivity contribution is 0.248. The van der Waals surface area contributed by atoms with Gasteiger partial charge in [-0.2, -0.15) is 0 Å². The van der Waals surface area contributed by atoms with Gasteiger partial charge < -0.3 is 15.5 Å². The number of amides is 2. The third-order valence-electron chi connectivity index (χ3n) is 3.07. The Morgan fingerprint density at radius 2 is 2.25 bits per heavy atom. The normalized spacial score (nSPS) is 17.3. The number of nitrogen functional groups attached to an aromatic ring is 1. The van der Waals surface area contributed by atoms with Crippen molar-refractivity contribution in [1.29, 1.82) is 0 Å². The zero-order valence-electron chi connectivity index (χ0n) is 11.3. The highest BCUT2D eigenvalue weighted by molar-refractivity contribution is 5.94. The summed E-state index contributed by atoms with van der Waals surface area (Å²) in [4.78, 5) is 21.7. The molecule has 1 saturated heterocycles. The monoisotopic (exact) mass is 273 g/mol. The highest BCUT2D eigenvalue weighted by Gasteiger charge is 2.36. The van der Waals surface area contributed by atoms with Crippen LogP contribution in [0.1, 0.15) is 13.8 Å². The van der Waals surface area contributed by atoms with E-state index in [-0.39, 0.29) is 17.6 Å². The summed E-state index contributed by atoms with van der Waals surface area (Å²) in [5.74, 6) is 1.12. The quantitative estimate of drug-likeness (QED) is 0.866. The number of oxazole rings is 1. The van der Waals surface area contributed by atoms with Crippen LogP contribution < -0.4 is 16.0 Å². The topological polar surface area (TPSA) is 97.3 Å². The molecule has 20 heavy (non-hydrogen) atoms. The minimum absolute atomic E-state index is 0.110. The zero-order chi connectivity index (χ0) is 14.3. The Labute approximate surface area is 115 Å². The van der Waals surface area contributed by atoms with Gasteiger partial charge in [0.1, 0.15) is 5.82 Å². The van der Waals surface area contributed by atoms with Crippen molar-refractivity contribution in [2.24, 2.45) is 0 Å². The van der Waals surface area contributed by atoms with E-state index in [9.17, 15) is 4.79 Å². The molecule has 0 aliphatic carbocycles. The Bertz CT molecular complexity index is 664. The number of carbonyl (C=O) groups is 1. The maximum atomic E-state index is 12.0. The number of anilines is 2. The second-order valence-corrected chi connectivity index (χ2v) is 5.37. The van der Waals surface area contributed by atoms with E-state index in [2.05, 4.69) is 15.3 Å².